The monoisotopic (exact) mass is 334 g/mol. The predicted octanol–water partition coefficient (Wildman–Crippen LogP) is 1.69. The summed E-state index contributed by atoms with van der Waals surface area (Å²) in [6.45, 7) is 5.58. The van der Waals surface area contributed by atoms with Gasteiger partial charge in [0.05, 0.1) is 0 Å². The molecule has 0 bridgehead atoms. The Hall–Kier alpha value is -2.37. The van der Waals surface area contributed by atoms with Crippen LogP contribution in [0, 0.1) is 5.41 Å². The van der Waals surface area contributed by atoms with E-state index < -0.39 is 11.4 Å². The van der Waals surface area contributed by atoms with E-state index in [1.54, 1.807) is 20.8 Å². The van der Waals surface area contributed by atoms with E-state index in [2.05, 4.69) is 5.32 Å². The number of amides is 2. The molecule has 132 valence electrons. The molecule has 1 aromatic rings. The number of hydrogen-bond donors (Lipinski definition) is 2. The summed E-state index contributed by atoms with van der Waals surface area (Å²) < 4.78 is 0. The van der Waals surface area contributed by atoms with Crippen LogP contribution in [0.1, 0.15) is 32.8 Å². The molecule has 0 radical (unpaired) electrons. The van der Waals surface area contributed by atoms with Crippen LogP contribution in [0.4, 0.5) is 0 Å². The van der Waals surface area contributed by atoms with Crippen molar-refractivity contribution < 1.29 is 19.5 Å². The fraction of sp³-hybridized carbons (Fsp3) is 0.500. The number of rotatable bonds is 8. The van der Waals surface area contributed by atoms with Crippen LogP contribution in [0.3, 0.4) is 0 Å². The van der Waals surface area contributed by atoms with Crippen LogP contribution in [0.2, 0.25) is 0 Å². The van der Waals surface area contributed by atoms with Crippen molar-refractivity contribution in [3.8, 4) is 0 Å². The fourth-order valence-electron chi connectivity index (χ4n) is 2.07. The van der Waals surface area contributed by atoms with Crippen LogP contribution >= 0.6 is 0 Å². The first-order chi connectivity index (χ1) is 11.2. The van der Waals surface area contributed by atoms with E-state index in [1.165, 1.54) is 4.90 Å². The van der Waals surface area contributed by atoms with Gasteiger partial charge < -0.3 is 15.3 Å². The zero-order valence-corrected chi connectivity index (χ0v) is 14.5. The van der Waals surface area contributed by atoms with E-state index in [0.717, 1.165) is 5.56 Å². The van der Waals surface area contributed by atoms with Crippen LogP contribution < -0.4 is 5.32 Å². The van der Waals surface area contributed by atoms with Crippen molar-refractivity contribution in [1.82, 2.24) is 10.2 Å². The number of nitrogens with zero attached hydrogens (tertiary/aromatic N) is 1. The van der Waals surface area contributed by atoms with Crippen molar-refractivity contribution in [2.75, 3.05) is 19.6 Å². The van der Waals surface area contributed by atoms with Crippen molar-refractivity contribution in [2.45, 2.75) is 33.6 Å². The first-order valence-corrected chi connectivity index (χ1v) is 8.02. The number of benzene rings is 1. The number of hydrogen-bond acceptors (Lipinski definition) is 3. The maximum absolute atomic E-state index is 12.2. The van der Waals surface area contributed by atoms with Crippen molar-refractivity contribution in [3.63, 3.8) is 0 Å². The maximum atomic E-state index is 12.2. The van der Waals surface area contributed by atoms with Gasteiger partial charge in [-0.1, -0.05) is 51.1 Å². The van der Waals surface area contributed by atoms with Crippen molar-refractivity contribution in [3.05, 3.63) is 35.9 Å². The van der Waals surface area contributed by atoms with Crippen molar-refractivity contribution >= 4 is 17.8 Å². The Morgan fingerprint density at radius 3 is 2.29 bits per heavy atom. The van der Waals surface area contributed by atoms with Gasteiger partial charge in [-0.2, -0.15) is 0 Å². The third-order valence-corrected chi connectivity index (χ3v) is 3.50. The minimum atomic E-state index is -1.05. The average molecular weight is 334 g/mol. The fourth-order valence-corrected chi connectivity index (χ4v) is 2.07. The van der Waals surface area contributed by atoms with E-state index in [1.807, 2.05) is 30.3 Å². The first kappa shape index (κ1) is 19.7. The van der Waals surface area contributed by atoms with Crippen LogP contribution in [0.15, 0.2) is 30.3 Å². The zero-order chi connectivity index (χ0) is 18.2. The molecule has 0 aliphatic rings. The molecule has 1 aromatic carbocycles. The number of carbonyl (C=O) groups is 3. The molecule has 0 atom stereocenters. The molecule has 1 rings (SSSR count). The third-order valence-electron chi connectivity index (χ3n) is 3.50. The zero-order valence-electron chi connectivity index (χ0n) is 14.5. The summed E-state index contributed by atoms with van der Waals surface area (Å²) in [4.78, 5) is 36.3. The molecule has 0 saturated carbocycles. The average Bonchev–Trinajstić information content (AvgIpc) is 2.50. The Kier molecular flexibility index (Phi) is 7.42. The highest BCUT2D eigenvalue weighted by Crippen LogP contribution is 2.12. The first-order valence-electron chi connectivity index (χ1n) is 8.02. The van der Waals surface area contributed by atoms with E-state index >= 15 is 0 Å². The van der Waals surface area contributed by atoms with Gasteiger partial charge in [0.25, 0.3) is 0 Å². The van der Waals surface area contributed by atoms with Gasteiger partial charge in [0, 0.05) is 24.9 Å². The van der Waals surface area contributed by atoms with Gasteiger partial charge in [0.1, 0.15) is 6.54 Å². The Balaban J connectivity index is 2.52. The number of nitrogens with one attached hydrogen (secondary N) is 1. The summed E-state index contributed by atoms with van der Waals surface area (Å²) in [6.07, 6.45) is 0.679. The highest BCUT2D eigenvalue weighted by Gasteiger charge is 2.22. The molecule has 0 saturated heterocycles. The van der Waals surface area contributed by atoms with Crippen LogP contribution in [0.25, 0.3) is 0 Å². The Labute approximate surface area is 142 Å². The van der Waals surface area contributed by atoms with Gasteiger partial charge in [0.2, 0.25) is 11.8 Å². The van der Waals surface area contributed by atoms with Crippen molar-refractivity contribution in [2.24, 2.45) is 5.41 Å². The summed E-state index contributed by atoms with van der Waals surface area (Å²) in [6, 6.07) is 9.59. The molecule has 2 N–H and O–H groups in total. The molecule has 0 unspecified atom stereocenters. The summed E-state index contributed by atoms with van der Waals surface area (Å²) in [7, 11) is 0. The van der Waals surface area contributed by atoms with E-state index in [0.29, 0.717) is 13.0 Å². The molecule has 0 aliphatic carbocycles. The Bertz CT molecular complexity index is 564. The maximum Gasteiger partial charge on any atom is 0.323 e. The lowest BCUT2D eigenvalue weighted by atomic mass is 9.96. The van der Waals surface area contributed by atoms with Gasteiger partial charge >= 0.3 is 5.97 Å². The van der Waals surface area contributed by atoms with Gasteiger partial charge in [-0.3, -0.25) is 14.4 Å². The summed E-state index contributed by atoms with van der Waals surface area (Å²) in [5, 5.41) is 11.7. The molecule has 0 aromatic heterocycles. The van der Waals surface area contributed by atoms with Crippen LogP contribution in [-0.4, -0.2) is 47.4 Å². The molecule has 0 aliphatic heterocycles. The lowest BCUT2D eigenvalue weighted by Crippen LogP contribution is -2.40. The quantitative estimate of drug-likeness (QED) is 0.757. The minimum absolute atomic E-state index is 0.0872. The molecule has 0 fully saturated rings. The third kappa shape index (κ3) is 7.26. The topological polar surface area (TPSA) is 86.7 Å². The molecule has 6 nitrogen and oxygen atoms in total. The highest BCUT2D eigenvalue weighted by molar-refractivity contribution is 5.83. The highest BCUT2D eigenvalue weighted by atomic mass is 16.4. The van der Waals surface area contributed by atoms with Gasteiger partial charge in [0.15, 0.2) is 0 Å². The molecule has 6 heteroatoms. The molecular weight excluding hydrogens is 308 g/mol. The Morgan fingerprint density at radius 1 is 1.12 bits per heavy atom. The van der Waals surface area contributed by atoms with Gasteiger partial charge in [-0.05, 0) is 12.0 Å². The normalized spacial score (nSPS) is 11.0. The van der Waals surface area contributed by atoms with E-state index in [-0.39, 0.29) is 31.3 Å². The summed E-state index contributed by atoms with van der Waals surface area (Å²) >= 11 is 0. The second-order valence-electron chi connectivity index (χ2n) is 6.70. The summed E-state index contributed by atoms with van der Waals surface area (Å²) in [5.41, 5.74) is 0.527. The smallest absolute Gasteiger partial charge is 0.323 e. The molecule has 24 heavy (non-hydrogen) atoms. The van der Waals surface area contributed by atoms with Crippen LogP contribution in [0.5, 0.6) is 0 Å². The van der Waals surface area contributed by atoms with Crippen LogP contribution in [-0.2, 0) is 20.8 Å². The minimum Gasteiger partial charge on any atom is -0.480 e. The van der Waals surface area contributed by atoms with Gasteiger partial charge in [-0.15, -0.1) is 0 Å². The number of carboxylic acids is 1. The lowest BCUT2D eigenvalue weighted by molar-refractivity contribution is -0.144. The molecule has 2 amide bonds. The number of carbonyl (C=O) groups excluding carboxylic acids is 2. The standard InChI is InChI=1S/C18H26N2O4/c1-18(2,3)17(24)19-11-9-15(21)20(13-16(22)23)12-10-14-7-5-4-6-8-14/h4-8H,9-13H2,1-3H3,(H,19,24)(H,22,23). The Morgan fingerprint density at radius 2 is 1.75 bits per heavy atom. The lowest BCUT2D eigenvalue weighted by Gasteiger charge is -2.22. The second-order valence-corrected chi connectivity index (χ2v) is 6.70. The SMILES string of the molecule is CC(C)(C)C(=O)NCCC(=O)N(CCc1ccccc1)CC(=O)O. The van der Waals surface area contributed by atoms with E-state index in [9.17, 15) is 14.4 Å². The number of aliphatic carboxylic acids is 1. The van der Waals surface area contributed by atoms with Crippen molar-refractivity contribution in [1.29, 1.82) is 0 Å². The molecular formula is C18H26N2O4. The molecule has 0 spiro atoms. The van der Waals surface area contributed by atoms with Gasteiger partial charge in [-0.25, -0.2) is 0 Å². The molecule has 0 heterocycles. The van der Waals surface area contributed by atoms with E-state index in [4.69, 9.17) is 5.11 Å². The predicted molar refractivity (Wildman–Crippen MR) is 91.4 cm³/mol. The second kappa shape index (κ2) is 9.05. The summed E-state index contributed by atoms with van der Waals surface area (Å²) in [5.74, 6) is -1.46. The number of carboxylic acid groups (broad SMARTS) is 1. The largest absolute Gasteiger partial charge is 0.480 e.